The van der Waals surface area contributed by atoms with Crippen molar-refractivity contribution in [3.63, 3.8) is 0 Å². The van der Waals surface area contributed by atoms with E-state index in [-0.39, 0.29) is 11.7 Å². The zero-order chi connectivity index (χ0) is 16.4. The molecule has 2 aromatic rings. The van der Waals surface area contributed by atoms with E-state index in [0.717, 1.165) is 56.4 Å². The van der Waals surface area contributed by atoms with Crippen molar-refractivity contribution < 1.29 is 5.11 Å². The van der Waals surface area contributed by atoms with Crippen LogP contribution in [0.25, 0.3) is 4.96 Å². The summed E-state index contributed by atoms with van der Waals surface area (Å²) in [6.07, 6.45) is 1.28. The number of aliphatic hydroxyl groups is 1. The number of aryl methyl sites for hydroxylation is 1. The minimum atomic E-state index is -0.251. The second-order valence-electron chi connectivity index (χ2n) is 5.87. The Bertz CT molecular complexity index is 720. The third-order valence-electron chi connectivity index (χ3n) is 4.23. The first kappa shape index (κ1) is 16.4. The molecule has 3 rings (SSSR count). The molecular formula is C15H23N5O2S. The van der Waals surface area contributed by atoms with Gasteiger partial charge in [-0.2, -0.15) is 4.52 Å². The van der Waals surface area contributed by atoms with Gasteiger partial charge in [-0.05, 0) is 12.8 Å². The van der Waals surface area contributed by atoms with Gasteiger partial charge in [0.15, 0.2) is 0 Å². The van der Waals surface area contributed by atoms with Crippen LogP contribution in [-0.4, -0.2) is 63.4 Å². The number of aliphatic hydroxyl groups excluding tert-OH is 1. The van der Waals surface area contributed by atoms with Gasteiger partial charge in [-0.3, -0.25) is 9.69 Å². The summed E-state index contributed by atoms with van der Waals surface area (Å²) in [5, 5.41) is 15.0. The molecule has 1 atom stereocenters. The lowest BCUT2D eigenvalue weighted by Gasteiger charge is -2.35. The average molecular weight is 337 g/mol. The Labute approximate surface area is 139 Å². The smallest absolute Gasteiger partial charge is 0.275 e. The first-order chi connectivity index (χ1) is 11.1. The van der Waals surface area contributed by atoms with E-state index in [9.17, 15) is 9.90 Å². The van der Waals surface area contributed by atoms with E-state index in [0.29, 0.717) is 4.96 Å². The average Bonchev–Trinajstić information content (AvgIpc) is 3.00. The van der Waals surface area contributed by atoms with E-state index >= 15 is 0 Å². The summed E-state index contributed by atoms with van der Waals surface area (Å²) in [5.74, 6) is 0. The highest BCUT2D eigenvalue weighted by Gasteiger charge is 2.21. The topological polar surface area (TPSA) is 74.0 Å². The van der Waals surface area contributed by atoms with Crippen molar-refractivity contribution in [2.45, 2.75) is 32.8 Å². The third-order valence-corrected chi connectivity index (χ3v) is 5.20. The number of hydrogen-bond donors (Lipinski definition) is 1. The van der Waals surface area contributed by atoms with E-state index < -0.39 is 0 Å². The van der Waals surface area contributed by atoms with Crippen LogP contribution < -0.4 is 10.5 Å². The second-order valence-corrected chi connectivity index (χ2v) is 6.80. The van der Waals surface area contributed by atoms with Gasteiger partial charge in [0.1, 0.15) is 0 Å². The number of hydrogen-bond acceptors (Lipinski definition) is 7. The molecule has 1 N–H and O–H groups in total. The minimum absolute atomic E-state index is 0.112. The van der Waals surface area contributed by atoms with Gasteiger partial charge in [-0.25, -0.2) is 4.98 Å². The molecule has 0 aliphatic carbocycles. The lowest BCUT2D eigenvalue weighted by atomic mass is 10.2. The van der Waals surface area contributed by atoms with Crippen molar-refractivity contribution in [3.05, 3.63) is 22.1 Å². The van der Waals surface area contributed by atoms with Crippen LogP contribution in [0.5, 0.6) is 0 Å². The van der Waals surface area contributed by atoms with Crippen LogP contribution in [0.2, 0.25) is 0 Å². The van der Waals surface area contributed by atoms with Crippen LogP contribution in [0.4, 0.5) is 5.13 Å². The molecule has 126 valence electrons. The summed E-state index contributed by atoms with van der Waals surface area (Å²) in [4.78, 5) is 21.7. The molecule has 1 aliphatic rings. The maximum Gasteiger partial charge on any atom is 0.275 e. The van der Waals surface area contributed by atoms with Crippen molar-refractivity contribution in [3.8, 4) is 0 Å². The molecular weight excluding hydrogens is 314 g/mol. The highest BCUT2D eigenvalue weighted by Crippen LogP contribution is 2.22. The summed E-state index contributed by atoms with van der Waals surface area (Å²) in [5.41, 5.74) is 0.697. The molecule has 8 heteroatoms. The van der Waals surface area contributed by atoms with Crippen molar-refractivity contribution in [1.82, 2.24) is 19.5 Å². The van der Waals surface area contributed by atoms with Gasteiger partial charge in [0.25, 0.3) is 5.56 Å². The molecule has 0 radical (unpaired) electrons. The Morgan fingerprint density at radius 2 is 2.04 bits per heavy atom. The summed E-state index contributed by atoms with van der Waals surface area (Å²) >= 11 is 1.47. The Hall–Kier alpha value is -1.51. The number of fused-ring (bicyclic) bond motifs is 1. The largest absolute Gasteiger partial charge is 0.392 e. The Morgan fingerprint density at radius 1 is 1.30 bits per heavy atom. The Morgan fingerprint density at radius 3 is 2.70 bits per heavy atom. The molecule has 3 heterocycles. The van der Waals surface area contributed by atoms with Crippen molar-refractivity contribution >= 4 is 21.4 Å². The predicted octanol–water partition coefficient (Wildman–Crippen LogP) is 0.606. The van der Waals surface area contributed by atoms with Gasteiger partial charge in [0.05, 0.1) is 6.10 Å². The number of β-amino-alcohol motifs (C(OH)–C–C–N with tert-alkyl or cyclic N) is 1. The molecule has 2 aromatic heterocycles. The van der Waals surface area contributed by atoms with Gasteiger partial charge < -0.3 is 10.0 Å². The first-order valence-corrected chi connectivity index (χ1v) is 8.97. The molecule has 23 heavy (non-hydrogen) atoms. The van der Waals surface area contributed by atoms with Gasteiger partial charge in [0, 0.05) is 44.5 Å². The Kier molecular flexibility index (Phi) is 4.93. The summed E-state index contributed by atoms with van der Waals surface area (Å²) in [6.45, 7) is 8.22. The molecule has 1 saturated heterocycles. The number of nitrogens with zero attached hydrogens (tertiary/aromatic N) is 5. The predicted molar refractivity (Wildman–Crippen MR) is 91.5 cm³/mol. The number of piperazine rings is 1. The molecule has 7 nitrogen and oxygen atoms in total. The summed E-state index contributed by atoms with van der Waals surface area (Å²) in [6, 6.07) is 1.56. The fourth-order valence-electron chi connectivity index (χ4n) is 2.70. The number of anilines is 1. The summed E-state index contributed by atoms with van der Waals surface area (Å²) in [7, 11) is 0. The highest BCUT2D eigenvalue weighted by atomic mass is 32.1. The van der Waals surface area contributed by atoms with E-state index in [4.69, 9.17) is 0 Å². The zero-order valence-corrected chi connectivity index (χ0v) is 14.4. The van der Waals surface area contributed by atoms with Crippen LogP contribution in [0, 0.1) is 0 Å². The van der Waals surface area contributed by atoms with Gasteiger partial charge in [0.2, 0.25) is 10.1 Å². The molecule has 0 saturated carbocycles. The Balaban J connectivity index is 1.72. The number of rotatable bonds is 5. The van der Waals surface area contributed by atoms with Crippen molar-refractivity contribution in [1.29, 1.82) is 0 Å². The van der Waals surface area contributed by atoms with Crippen LogP contribution in [0.3, 0.4) is 0 Å². The van der Waals surface area contributed by atoms with Gasteiger partial charge >= 0.3 is 0 Å². The molecule has 0 unspecified atom stereocenters. The van der Waals surface area contributed by atoms with Crippen LogP contribution in [0.1, 0.15) is 26.0 Å². The molecule has 1 aliphatic heterocycles. The highest BCUT2D eigenvalue weighted by molar-refractivity contribution is 7.20. The van der Waals surface area contributed by atoms with Crippen LogP contribution >= 0.6 is 11.3 Å². The van der Waals surface area contributed by atoms with E-state index in [1.54, 1.807) is 6.07 Å². The van der Waals surface area contributed by atoms with Crippen molar-refractivity contribution in [2.24, 2.45) is 0 Å². The monoisotopic (exact) mass is 337 g/mol. The lowest BCUT2D eigenvalue weighted by Crippen LogP contribution is -2.48. The quantitative estimate of drug-likeness (QED) is 0.862. The summed E-state index contributed by atoms with van der Waals surface area (Å²) < 4.78 is 1.40. The fraction of sp³-hybridized carbons (Fsp3) is 0.667. The van der Waals surface area contributed by atoms with Crippen LogP contribution in [0.15, 0.2) is 10.9 Å². The fourth-order valence-corrected chi connectivity index (χ4v) is 3.68. The maximum atomic E-state index is 12.1. The standard InChI is InChI=1S/C15H23N5O2S/c1-3-11-9-13(22)20-14(16-11)23-15(17-20)19-7-5-18(6-8-19)10-12(21)4-2/h9,12,21H,3-8,10H2,1-2H3/t12-/m1/s1. The molecule has 0 bridgehead atoms. The first-order valence-electron chi connectivity index (χ1n) is 8.15. The van der Waals surface area contributed by atoms with Crippen LogP contribution in [-0.2, 0) is 6.42 Å². The second kappa shape index (κ2) is 6.94. The SMILES string of the molecule is CCc1cc(=O)n2nc(N3CCN(C[C@H](O)CC)CC3)sc2n1. The molecule has 0 aromatic carbocycles. The molecule has 1 fully saturated rings. The molecule has 0 spiro atoms. The molecule has 0 amide bonds. The third kappa shape index (κ3) is 3.54. The van der Waals surface area contributed by atoms with Gasteiger partial charge in [-0.1, -0.05) is 25.2 Å². The van der Waals surface area contributed by atoms with E-state index in [1.165, 1.54) is 15.9 Å². The van der Waals surface area contributed by atoms with Gasteiger partial charge in [-0.15, -0.1) is 5.10 Å². The van der Waals surface area contributed by atoms with E-state index in [2.05, 4.69) is 19.9 Å². The minimum Gasteiger partial charge on any atom is -0.392 e. The number of aromatic nitrogens is 3. The van der Waals surface area contributed by atoms with E-state index in [1.807, 2.05) is 13.8 Å². The zero-order valence-electron chi connectivity index (χ0n) is 13.6. The maximum absolute atomic E-state index is 12.1. The van der Waals surface area contributed by atoms with Crippen molar-refractivity contribution in [2.75, 3.05) is 37.6 Å². The normalized spacial score (nSPS) is 17.8. The lowest BCUT2D eigenvalue weighted by molar-refractivity contribution is 0.106.